The molecule has 10 heteroatoms. The number of methoxy groups -OCH3 is 2. The van der Waals surface area contributed by atoms with Gasteiger partial charge in [-0.3, -0.25) is 0 Å². The van der Waals surface area contributed by atoms with Gasteiger partial charge >= 0.3 is 12.1 Å². The Morgan fingerprint density at radius 3 is 2.42 bits per heavy atom. The second kappa shape index (κ2) is 9.13. The van der Waals surface area contributed by atoms with Crippen LogP contribution in [0.1, 0.15) is 15.9 Å². The first-order valence-electron chi connectivity index (χ1n) is 8.75. The molecular formula is C21H16ClF3N2O4. The van der Waals surface area contributed by atoms with Crippen molar-refractivity contribution in [1.82, 2.24) is 4.98 Å². The van der Waals surface area contributed by atoms with E-state index in [0.29, 0.717) is 17.1 Å². The molecule has 31 heavy (non-hydrogen) atoms. The highest BCUT2D eigenvalue weighted by Crippen LogP contribution is 2.36. The number of nitrogens with zero attached hydrogens (tertiary/aromatic N) is 1. The van der Waals surface area contributed by atoms with Crippen LogP contribution in [-0.4, -0.2) is 25.2 Å². The van der Waals surface area contributed by atoms with E-state index in [9.17, 15) is 18.0 Å². The number of carbonyl (C=O) groups excluding carboxylic acids is 1. The van der Waals surface area contributed by atoms with E-state index in [1.165, 1.54) is 32.5 Å². The average molecular weight is 453 g/mol. The number of hydrogen-bond acceptors (Lipinski definition) is 6. The van der Waals surface area contributed by atoms with Crippen LogP contribution >= 0.6 is 11.6 Å². The summed E-state index contributed by atoms with van der Waals surface area (Å²) >= 11 is 5.89. The summed E-state index contributed by atoms with van der Waals surface area (Å²) in [5.74, 6) is 0.0913. The van der Waals surface area contributed by atoms with Crippen LogP contribution in [0.2, 0.25) is 5.02 Å². The van der Waals surface area contributed by atoms with Crippen molar-refractivity contribution in [3.8, 4) is 17.4 Å². The normalized spacial score (nSPS) is 11.0. The van der Waals surface area contributed by atoms with Gasteiger partial charge in [-0.1, -0.05) is 11.6 Å². The highest BCUT2D eigenvalue weighted by atomic mass is 35.5. The minimum Gasteiger partial charge on any atom is -0.497 e. The molecule has 162 valence electrons. The lowest BCUT2D eigenvalue weighted by molar-refractivity contribution is -0.137. The molecule has 0 spiro atoms. The summed E-state index contributed by atoms with van der Waals surface area (Å²) in [4.78, 5) is 16.1. The summed E-state index contributed by atoms with van der Waals surface area (Å²) in [5, 5.41) is 2.85. The minimum absolute atomic E-state index is 0.0333. The van der Waals surface area contributed by atoms with Gasteiger partial charge in [-0.2, -0.15) is 13.2 Å². The van der Waals surface area contributed by atoms with Gasteiger partial charge in [0.25, 0.3) is 0 Å². The predicted octanol–water partition coefficient (Wildman–Crippen LogP) is 6.08. The van der Waals surface area contributed by atoms with Gasteiger partial charge in [-0.15, -0.1) is 0 Å². The molecule has 0 aliphatic rings. The van der Waals surface area contributed by atoms with E-state index in [4.69, 9.17) is 25.8 Å². The van der Waals surface area contributed by atoms with Crippen molar-refractivity contribution in [2.75, 3.05) is 19.5 Å². The topological polar surface area (TPSA) is 69.7 Å². The standard InChI is InChI=1S/C21H16ClF3N2O4/c1-29-14-5-6-17(15(10-14)20(28)30-2)27-13-4-8-19(26-11-13)31-18-7-3-12(9-16(18)22)21(23,24)25/h3-11,27H,1-2H3. The smallest absolute Gasteiger partial charge is 0.416 e. The van der Waals surface area contributed by atoms with Crippen LogP contribution in [0.5, 0.6) is 17.4 Å². The lowest BCUT2D eigenvalue weighted by Crippen LogP contribution is -2.06. The number of benzene rings is 2. The Morgan fingerprint density at radius 2 is 1.84 bits per heavy atom. The van der Waals surface area contributed by atoms with Crippen LogP contribution < -0.4 is 14.8 Å². The number of pyridine rings is 1. The number of nitrogens with one attached hydrogen (secondary N) is 1. The molecule has 0 aliphatic heterocycles. The number of esters is 1. The molecule has 0 fully saturated rings. The molecule has 1 heterocycles. The number of carbonyl (C=O) groups is 1. The Labute approximate surface area is 180 Å². The van der Waals surface area contributed by atoms with Crippen molar-refractivity contribution in [1.29, 1.82) is 0 Å². The SMILES string of the molecule is COC(=O)c1cc(OC)ccc1Nc1ccc(Oc2ccc(C(F)(F)F)cc2Cl)nc1. The molecule has 3 rings (SSSR count). The maximum atomic E-state index is 12.7. The van der Waals surface area contributed by atoms with Crippen LogP contribution in [0, 0.1) is 0 Å². The zero-order valence-corrected chi connectivity index (χ0v) is 17.0. The number of rotatable bonds is 6. The minimum atomic E-state index is -4.50. The first kappa shape index (κ1) is 22.2. The summed E-state index contributed by atoms with van der Waals surface area (Å²) in [6.45, 7) is 0. The lowest BCUT2D eigenvalue weighted by atomic mass is 10.1. The monoisotopic (exact) mass is 452 g/mol. The second-order valence-corrected chi connectivity index (χ2v) is 6.57. The van der Waals surface area contributed by atoms with E-state index >= 15 is 0 Å². The number of anilines is 2. The van der Waals surface area contributed by atoms with Gasteiger partial charge in [0, 0.05) is 6.07 Å². The summed E-state index contributed by atoms with van der Waals surface area (Å²) in [7, 11) is 2.75. The largest absolute Gasteiger partial charge is 0.497 e. The van der Waals surface area contributed by atoms with Gasteiger partial charge in [-0.05, 0) is 42.5 Å². The molecule has 2 aromatic carbocycles. The van der Waals surface area contributed by atoms with E-state index < -0.39 is 17.7 Å². The molecule has 1 aromatic heterocycles. The van der Waals surface area contributed by atoms with E-state index in [0.717, 1.165) is 18.2 Å². The van der Waals surface area contributed by atoms with Crippen molar-refractivity contribution >= 4 is 28.9 Å². The summed E-state index contributed by atoms with van der Waals surface area (Å²) in [6, 6.07) is 10.7. The Kier molecular flexibility index (Phi) is 6.55. The van der Waals surface area contributed by atoms with Gasteiger partial charge in [0.2, 0.25) is 5.88 Å². The zero-order chi connectivity index (χ0) is 22.6. The highest BCUT2D eigenvalue weighted by molar-refractivity contribution is 6.32. The van der Waals surface area contributed by atoms with Crippen LogP contribution in [0.3, 0.4) is 0 Å². The Morgan fingerprint density at radius 1 is 1.06 bits per heavy atom. The summed E-state index contributed by atoms with van der Waals surface area (Å²) < 4.78 is 53.6. The quantitative estimate of drug-likeness (QED) is 0.457. The third-order valence-corrected chi connectivity index (χ3v) is 4.42. The molecule has 0 atom stereocenters. The summed E-state index contributed by atoms with van der Waals surface area (Å²) in [6.07, 6.45) is -3.07. The Balaban J connectivity index is 1.77. The van der Waals surface area contributed by atoms with Crippen molar-refractivity contribution in [2.45, 2.75) is 6.18 Å². The fourth-order valence-electron chi connectivity index (χ4n) is 2.58. The molecule has 0 radical (unpaired) electrons. The van der Waals surface area contributed by atoms with E-state index in [-0.39, 0.29) is 22.2 Å². The third-order valence-electron chi connectivity index (χ3n) is 4.12. The fraction of sp³-hybridized carbons (Fsp3) is 0.143. The Bertz CT molecular complexity index is 1090. The number of hydrogen-bond donors (Lipinski definition) is 1. The average Bonchev–Trinajstić information content (AvgIpc) is 2.75. The molecule has 3 aromatic rings. The van der Waals surface area contributed by atoms with Gasteiger partial charge in [0.15, 0.2) is 0 Å². The van der Waals surface area contributed by atoms with E-state index in [2.05, 4.69) is 10.3 Å². The first-order chi connectivity index (χ1) is 14.7. The number of halogens is 4. The van der Waals surface area contributed by atoms with Crippen molar-refractivity contribution in [2.24, 2.45) is 0 Å². The molecule has 0 saturated carbocycles. The Hall–Kier alpha value is -3.46. The second-order valence-electron chi connectivity index (χ2n) is 6.16. The van der Waals surface area contributed by atoms with Gasteiger partial charge < -0.3 is 19.5 Å². The molecule has 6 nitrogen and oxygen atoms in total. The van der Waals surface area contributed by atoms with Gasteiger partial charge in [0.05, 0.1) is 47.9 Å². The maximum Gasteiger partial charge on any atom is 0.416 e. The third kappa shape index (κ3) is 5.37. The molecule has 0 amide bonds. The van der Waals surface area contributed by atoms with E-state index in [1.807, 2.05) is 0 Å². The molecule has 0 aliphatic carbocycles. The van der Waals surface area contributed by atoms with Crippen LogP contribution in [-0.2, 0) is 10.9 Å². The molecule has 0 saturated heterocycles. The highest BCUT2D eigenvalue weighted by Gasteiger charge is 2.31. The molecule has 1 N–H and O–H groups in total. The van der Waals surface area contributed by atoms with Crippen LogP contribution in [0.15, 0.2) is 54.7 Å². The van der Waals surface area contributed by atoms with Gasteiger partial charge in [0.1, 0.15) is 11.5 Å². The number of ether oxygens (including phenoxy) is 3. The lowest BCUT2D eigenvalue weighted by Gasteiger charge is -2.13. The predicted molar refractivity (Wildman–Crippen MR) is 108 cm³/mol. The molecular weight excluding hydrogens is 437 g/mol. The fourth-order valence-corrected chi connectivity index (χ4v) is 2.80. The molecule has 0 bridgehead atoms. The van der Waals surface area contributed by atoms with Crippen LogP contribution in [0.25, 0.3) is 0 Å². The summed E-state index contributed by atoms with van der Waals surface area (Å²) in [5.41, 5.74) is 0.382. The first-order valence-corrected chi connectivity index (χ1v) is 9.13. The molecule has 0 unspecified atom stereocenters. The van der Waals surface area contributed by atoms with E-state index in [1.54, 1.807) is 18.2 Å². The van der Waals surface area contributed by atoms with Crippen molar-refractivity contribution in [3.63, 3.8) is 0 Å². The number of aromatic nitrogens is 1. The van der Waals surface area contributed by atoms with Crippen molar-refractivity contribution in [3.05, 3.63) is 70.9 Å². The van der Waals surface area contributed by atoms with Crippen molar-refractivity contribution < 1.29 is 32.2 Å². The van der Waals surface area contributed by atoms with Gasteiger partial charge in [-0.25, -0.2) is 9.78 Å². The number of alkyl halides is 3. The zero-order valence-electron chi connectivity index (χ0n) is 16.3. The maximum absolute atomic E-state index is 12.7. The van der Waals surface area contributed by atoms with Crippen LogP contribution in [0.4, 0.5) is 24.5 Å².